The van der Waals surface area contributed by atoms with E-state index in [-0.39, 0.29) is 0 Å². The average Bonchev–Trinajstić information content (AvgIpc) is 1.86. The number of hydrogen-bond acceptors (Lipinski definition) is 0. The average molecular weight is 281 g/mol. The fourth-order valence-corrected chi connectivity index (χ4v) is 4.41. The summed E-state index contributed by atoms with van der Waals surface area (Å²) >= 11 is 0. The van der Waals surface area contributed by atoms with Crippen molar-refractivity contribution in [2.45, 2.75) is 94.9 Å². The number of rotatable bonds is 6. The van der Waals surface area contributed by atoms with Crippen LogP contribution in [-0.2, 0) is 0 Å². The van der Waals surface area contributed by atoms with Crippen molar-refractivity contribution in [3.63, 3.8) is 0 Å². The van der Waals surface area contributed by atoms with E-state index in [4.69, 9.17) is 0 Å². The highest BCUT2D eigenvalue weighted by atomic mass is 14.3. The van der Waals surface area contributed by atoms with Gasteiger partial charge in [0.05, 0.1) is 0 Å². The van der Waals surface area contributed by atoms with Crippen molar-refractivity contribution in [1.29, 1.82) is 0 Å². The zero-order chi connectivity index (χ0) is 16.4. The summed E-state index contributed by atoms with van der Waals surface area (Å²) in [6.45, 7) is 27.9. The van der Waals surface area contributed by atoms with E-state index >= 15 is 0 Å². The molecule has 0 saturated carbocycles. The molecule has 0 aliphatic rings. The molecule has 0 bridgehead atoms. The zero-order valence-electron chi connectivity index (χ0n) is 16.0. The second kappa shape index (κ2) is 6.24. The largest absolute Gasteiger partial charge is 0.0998 e. The lowest BCUT2D eigenvalue weighted by Gasteiger charge is -2.36. The Labute approximate surface area is 129 Å². The van der Waals surface area contributed by atoms with Gasteiger partial charge in [0.25, 0.3) is 0 Å². The molecule has 0 aromatic rings. The highest BCUT2D eigenvalue weighted by Gasteiger charge is 2.30. The van der Waals surface area contributed by atoms with Gasteiger partial charge in [-0.3, -0.25) is 0 Å². The van der Waals surface area contributed by atoms with Crippen molar-refractivity contribution in [3.05, 3.63) is 12.2 Å². The van der Waals surface area contributed by atoms with Crippen molar-refractivity contribution in [3.8, 4) is 0 Å². The van der Waals surface area contributed by atoms with Gasteiger partial charge in [-0.25, -0.2) is 0 Å². The lowest BCUT2D eigenvalue weighted by atomic mass is 9.69. The summed E-state index contributed by atoms with van der Waals surface area (Å²) in [5.41, 5.74) is 2.92. The first-order valence-electron chi connectivity index (χ1n) is 8.18. The van der Waals surface area contributed by atoms with Gasteiger partial charge in [-0.1, -0.05) is 81.4 Å². The summed E-state index contributed by atoms with van der Waals surface area (Å²) in [4.78, 5) is 0. The lowest BCUT2D eigenvalue weighted by Crippen LogP contribution is -2.24. The van der Waals surface area contributed by atoms with Crippen LogP contribution in [-0.4, -0.2) is 0 Å². The van der Waals surface area contributed by atoms with Crippen molar-refractivity contribution in [1.82, 2.24) is 0 Å². The van der Waals surface area contributed by atoms with Crippen LogP contribution >= 0.6 is 0 Å². The van der Waals surface area contributed by atoms with Gasteiger partial charge in [-0.2, -0.15) is 0 Å². The maximum Gasteiger partial charge on any atom is -0.0271 e. The van der Waals surface area contributed by atoms with Crippen LogP contribution in [0.5, 0.6) is 0 Å². The standard InChI is InChI=1S/C20H40/c1-16(12-19(8,9)14-17(2,3)4)13-20(10,11)15-18(5,6)7/h1,12-15H2,2-11H3. The first-order valence-corrected chi connectivity index (χ1v) is 8.18. The molecule has 0 nitrogen and oxygen atoms in total. The van der Waals surface area contributed by atoms with Gasteiger partial charge < -0.3 is 0 Å². The molecule has 0 heterocycles. The van der Waals surface area contributed by atoms with Crippen LogP contribution in [0.25, 0.3) is 0 Å². The third-order valence-electron chi connectivity index (χ3n) is 3.47. The molecule has 0 spiro atoms. The Morgan fingerprint density at radius 2 is 0.850 bits per heavy atom. The molecule has 0 aliphatic heterocycles. The van der Waals surface area contributed by atoms with Gasteiger partial charge in [0.1, 0.15) is 0 Å². The predicted octanol–water partition coefficient (Wildman–Crippen LogP) is 7.25. The summed E-state index contributed by atoms with van der Waals surface area (Å²) < 4.78 is 0. The van der Waals surface area contributed by atoms with E-state index < -0.39 is 0 Å². The summed E-state index contributed by atoms with van der Waals surface area (Å²) in [7, 11) is 0. The van der Waals surface area contributed by atoms with Gasteiger partial charge in [-0.15, -0.1) is 0 Å². The second-order valence-corrected chi connectivity index (χ2v) is 10.9. The molecular weight excluding hydrogens is 240 g/mol. The Bertz CT molecular complexity index is 283. The third kappa shape index (κ3) is 10.5. The molecule has 0 N–H and O–H groups in total. The summed E-state index contributed by atoms with van der Waals surface area (Å²) in [5, 5.41) is 0. The molecule has 0 rings (SSSR count). The maximum absolute atomic E-state index is 4.39. The quantitative estimate of drug-likeness (QED) is 0.449. The van der Waals surface area contributed by atoms with E-state index in [9.17, 15) is 0 Å². The highest BCUT2D eigenvalue weighted by Crippen LogP contribution is 2.42. The maximum atomic E-state index is 4.39. The van der Waals surface area contributed by atoms with Crippen molar-refractivity contribution >= 4 is 0 Å². The van der Waals surface area contributed by atoms with Gasteiger partial charge in [0.15, 0.2) is 0 Å². The molecule has 0 heteroatoms. The van der Waals surface area contributed by atoms with Crippen LogP contribution in [0.4, 0.5) is 0 Å². The van der Waals surface area contributed by atoms with Gasteiger partial charge in [-0.05, 0) is 47.3 Å². The first-order chi connectivity index (χ1) is 8.52. The number of hydrogen-bond donors (Lipinski definition) is 0. The SMILES string of the molecule is C=C(CC(C)(C)CC(C)(C)C)CC(C)(C)CC(C)(C)C. The minimum absolute atomic E-state index is 0.354. The Morgan fingerprint density at radius 1 is 0.600 bits per heavy atom. The molecule has 0 fully saturated rings. The van der Waals surface area contributed by atoms with E-state index in [1.165, 1.54) is 18.4 Å². The fourth-order valence-electron chi connectivity index (χ4n) is 4.41. The van der Waals surface area contributed by atoms with E-state index in [1.54, 1.807) is 0 Å². The molecule has 120 valence electrons. The minimum Gasteiger partial charge on any atom is -0.0998 e. The van der Waals surface area contributed by atoms with E-state index in [2.05, 4.69) is 75.8 Å². The van der Waals surface area contributed by atoms with Crippen LogP contribution in [0.15, 0.2) is 12.2 Å². The molecular formula is C20H40. The van der Waals surface area contributed by atoms with Crippen molar-refractivity contribution in [2.75, 3.05) is 0 Å². The van der Waals surface area contributed by atoms with Crippen LogP contribution in [0, 0.1) is 21.7 Å². The van der Waals surface area contributed by atoms with Gasteiger partial charge in [0.2, 0.25) is 0 Å². The molecule has 0 unspecified atom stereocenters. The molecule has 0 amide bonds. The summed E-state index contributed by atoms with van der Waals surface area (Å²) in [5.74, 6) is 0. The Morgan fingerprint density at radius 3 is 1.05 bits per heavy atom. The third-order valence-corrected chi connectivity index (χ3v) is 3.47. The lowest BCUT2D eigenvalue weighted by molar-refractivity contribution is 0.189. The van der Waals surface area contributed by atoms with E-state index in [1.807, 2.05) is 0 Å². The van der Waals surface area contributed by atoms with Crippen molar-refractivity contribution in [2.24, 2.45) is 21.7 Å². The van der Waals surface area contributed by atoms with Crippen molar-refractivity contribution < 1.29 is 0 Å². The Kier molecular flexibility index (Phi) is 6.16. The monoisotopic (exact) mass is 280 g/mol. The Balaban J connectivity index is 4.56. The normalized spacial score (nSPS) is 14.5. The minimum atomic E-state index is 0.354. The van der Waals surface area contributed by atoms with Crippen LogP contribution in [0.3, 0.4) is 0 Å². The molecule has 0 saturated heterocycles. The highest BCUT2D eigenvalue weighted by molar-refractivity contribution is 5.03. The van der Waals surface area contributed by atoms with E-state index in [0.29, 0.717) is 21.7 Å². The fraction of sp³-hybridized carbons (Fsp3) is 0.900. The molecule has 0 radical (unpaired) electrons. The molecule has 0 aliphatic carbocycles. The topological polar surface area (TPSA) is 0 Å². The smallest absolute Gasteiger partial charge is 0.0271 e. The molecule has 20 heavy (non-hydrogen) atoms. The second-order valence-electron chi connectivity index (χ2n) is 10.9. The van der Waals surface area contributed by atoms with Gasteiger partial charge >= 0.3 is 0 Å². The van der Waals surface area contributed by atoms with Gasteiger partial charge in [0, 0.05) is 0 Å². The van der Waals surface area contributed by atoms with Crippen LogP contribution in [0.2, 0.25) is 0 Å². The predicted molar refractivity (Wildman–Crippen MR) is 94.1 cm³/mol. The molecule has 0 aromatic carbocycles. The summed E-state index contributed by atoms with van der Waals surface area (Å²) in [6, 6.07) is 0. The Hall–Kier alpha value is -0.260. The van der Waals surface area contributed by atoms with Crippen LogP contribution < -0.4 is 0 Å². The number of allylic oxidation sites excluding steroid dienone is 1. The first kappa shape index (κ1) is 19.7. The van der Waals surface area contributed by atoms with E-state index in [0.717, 1.165) is 12.8 Å². The van der Waals surface area contributed by atoms with Crippen LogP contribution in [0.1, 0.15) is 94.9 Å². The molecule has 0 atom stereocenters. The zero-order valence-corrected chi connectivity index (χ0v) is 16.0. The summed E-state index contributed by atoms with van der Waals surface area (Å²) in [6.07, 6.45) is 4.80. The molecule has 0 aromatic heterocycles.